The number of rotatable bonds is 5. The van der Waals surface area contributed by atoms with Gasteiger partial charge < -0.3 is 14.5 Å². The summed E-state index contributed by atoms with van der Waals surface area (Å²) in [5.41, 5.74) is 1.85. The summed E-state index contributed by atoms with van der Waals surface area (Å²) in [5, 5.41) is 0. The number of piperazine rings is 1. The zero-order valence-corrected chi connectivity index (χ0v) is 12.7. The smallest absolute Gasteiger partial charge is 0.245 e. The molecule has 0 spiro atoms. The lowest BCUT2D eigenvalue weighted by Crippen LogP contribution is -2.58. The third-order valence-electron chi connectivity index (χ3n) is 3.81. The highest BCUT2D eigenvalue weighted by molar-refractivity contribution is 5.94. The Bertz CT molecular complexity index is 533. The third kappa shape index (κ3) is 3.39. The van der Waals surface area contributed by atoms with E-state index in [0.29, 0.717) is 19.7 Å². The van der Waals surface area contributed by atoms with Crippen LogP contribution in [0.25, 0.3) is 0 Å². The number of pyridine rings is 1. The summed E-state index contributed by atoms with van der Waals surface area (Å²) in [6.45, 7) is 5.10. The first-order valence-electron chi connectivity index (χ1n) is 7.02. The minimum Gasteiger partial charge on any atom is -0.383 e. The van der Waals surface area contributed by atoms with Crippen molar-refractivity contribution >= 4 is 11.8 Å². The summed E-state index contributed by atoms with van der Waals surface area (Å²) in [4.78, 5) is 32.0. The van der Waals surface area contributed by atoms with Crippen LogP contribution in [0, 0.1) is 6.92 Å². The first kappa shape index (κ1) is 15.4. The van der Waals surface area contributed by atoms with Crippen LogP contribution >= 0.6 is 0 Å². The summed E-state index contributed by atoms with van der Waals surface area (Å²) < 4.78 is 4.97. The highest BCUT2D eigenvalue weighted by Gasteiger charge is 2.36. The van der Waals surface area contributed by atoms with Crippen molar-refractivity contribution in [2.75, 3.05) is 26.8 Å². The lowest BCUT2D eigenvalue weighted by Gasteiger charge is -2.38. The highest BCUT2D eigenvalue weighted by atomic mass is 16.5. The van der Waals surface area contributed by atoms with Gasteiger partial charge >= 0.3 is 0 Å². The Morgan fingerprint density at radius 3 is 2.86 bits per heavy atom. The van der Waals surface area contributed by atoms with E-state index >= 15 is 0 Å². The molecule has 1 aliphatic rings. The molecular weight excluding hydrogens is 270 g/mol. The van der Waals surface area contributed by atoms with Crippen LogP contribution in [0.5, 0.6) is 0 Å². The van der Waals surface area contributed by atoms with Gasteiger partial charge in [0.15, 0.2) is 0 Å². The maximum Gasteiger partial charge on any atom is 0.245 e. The number of nitrogens with zero attached hydrogens (tertiary/aromatic N) is 3. The Hall–Kier alpha value is -1.95. The van der Waals surface area contributed by atoms with Gasteiger partial charge in [0, 0.05) is 32.1 Å². The predicted molar refractivity (Wildman–Crippen MR) is 77.4 cm³/mol. The Kier molecular flexibility index (Phi) is 4.90. The summed E-state index contributed by atoms with van der Waals surface area (Å²) in [7, 11) is 1.58. The highest BCUT2D eigenvalue weighted by Crippen LogP contribution is 2.17. The molecule has 1 aromatic rings. The molecule has 0 radical (unpaired) electrons. The van der Waals surface area contributed by atoms with Crippen molar-refractivity contribution in [2.24, 2.45) is 0 Å². The van der Waals surface area contributed by atoms with E-state index in [1.165, 1.54) is 0 Å². The average Bonchev–Trinajstić information content (AvgIpc) is 2.47. The molecule has 6 nitrogen and oxygen atoms in total. The molecular formula is C15H21N3O3. The van der Waals surface area contributed by atoms with Gasteiger partial charge in [-0.05, 0) is 25.5 Å². The van der Waals surface area contributed by atoms with Gasteiger partial charge in [-0.25, -0.2) is 0 Å². The second-order valence-electron chi connectivity index (χ2n) is 5.20. The quantitative estimate of drug-likeness (QED) is 0.797. The fourth-order valence-electron chi connectivity index (χ4n) is 2.43. The van der Waals surface area contributed by atoms with Crippen molar-refractivity contribution < 1.29 is 14.3 Å². The number of amides is 2. The molecule has 0 unspecified atom stereocenters. The zero-order chi connectivity index (χ0) is 15.4. The fourth-order valence-corrected chi connectivity index (χ4v) is 2.43. The average molecular weight is 291 g/mol. The van der Waals surface area contributed by atoms with Gasteiger partial charge in [0.1, 0.15) is 6.04 Å². The molecule has 2 rings (SSSR count). The number of hydrogen-bond donors (Lipinski definition) is 0. The third-order valence-corrected chi connectivity index (χ3v) is 3.81. The molecule has 0 aliphatic carbocycles. The number of aryl methyl sites for hydroxylation is 1. The fraction of sp³-hybridized carbons (Fsp3) is 0.533. The van der Waals surface area contributed by atoms with Crippen LogP contribution < -0.4 is 0 Å². The summed E-state index contributed by atoms with van der Waals surface area (Å²) in [6.07, 6.45) is 1.72. The standard InChI is InChI=1S/C15H21N3O3/c1-11-13(5-4-6-16-11)9-18-12(2)15(20)17(7-8-21-3)10-14(18)19/h4-6,12H,7-10H2,1-3H3/t12-/m0/s1. The minimum atomic E-state index is -0.456. The number of carbonyl (C=O) groups excluding carboxylic acids is 2. The Morgan fingerprint density at radius 1 is 1.43 bits per heavy atom. The SMILES string of the molecule is COCCN1CC(=O)N(Cc2cccnc2C)[C@@H](C)C1=O. The van der Waals surface area contributed by atoms with E-state index in [1.54, 1.807) is 30.0 Å². The molecule has 114 valence electrons. The maximum absolute atomic E-state index is 12.3. The largest absolute Gasteiger partial charge is 0.383 e. The van der Waals surface area contributed by atoms with Gasteiger partial charge in [-0.1, -0.05) is 6.07 Å². The zero-order valence-electron chi connectivity index (χ0n) is 12.7. The van der Waals surface area contributed by atoms with Crippen LogP contribution in [0.1, 0.15) is 18.2 Å². The van der Waals surface area contributed by atoms with Crippen LogP contribution in [0.15, 0.2) is 18.3 Å². The van der Waals surface area contributed by atoms with Crippen LogP contribution in [-0.2, 0) is 20.9 Å². The van der Waals surface area contributed by atoms with Crippen molar-refractivity contribution in [2.45, 2.75) is 26.4 Å². The van der Waals surface area contributed by atoms with Crippen molar-refractivity contribution in [3.63, 3.8) is 0 Å². The maximum atomic E-state index is 12.3. The monoisotopic (exact) mass is 291 g/mol. The molecule has 2 heterocycles. The molecule has 1 atom stereocenters. The van der Waals surface area contributed by atoms with Gasteiger partial charge in [-0.2, -0.15) is 0 Å². The number of methoxy groups -OCH3 is 1. The Balaban J connectivity index is 2.10. The van der Waals surface area contributed by atoms with Crippen LogP contribution in [-0.4, -0.2) is 59.4 Å². The van der Waals surface area contributed by atoms with Gasteiger partial charge in [0.05, 0.1) is 13.2 Å². The number of aromatic nitrogens is 1. The van der Waals surface area contributed by atoms with Crippen molar-refractivity contribution in [1.29, 1.82) is 0 Å². The molecule has 1 fully saturated rings. The first-order chi connectivity index (χ1) is 10.0. The Labute approximate surface area is 124 Å². The number of ether oxygens (including phenoxy) is 1. The van der Waals surface area contributed by atoms with Crippen LogP contribution in [0.3, 0.4) is 0 Å². The second kappa shape index (κ2) is 6.67. The summed E-state index contributed by atoms with van der Waals surface area (Å²) >= 11 is 0. The van der Waals surface area contributed by atoms with Gasteiger partial charge in [-0.15, -0.1) is 0 Å². The van der Waals surface area contributed by atoms with Crippen LogP contribution in [0.2, 0.25) is 0 Å². The number of carbonyl (C=O) groups is 2. The molecule has 0 aromatic carbocycles. The van der Waals surface area contributed by atoms with Gasteiger partial charge in [0.2, 0.25) is 11.8 Å². The van der Waals surface area contributed by atoms with E-state index < -0.39 is 6.04 Å². The van der Waals surface area contributed by atoms with Crippen molar-refractivity contribution in [3.8, 4) is 0 Å². The molecule has 0 N–H and O–H groups in total. The van der Waals surface area contributed by atoms with Crippen molar-refractivity contribution in [3.05, 3.63) is 29.6 Å². The predicted octanol–water partition coefficient (Wildman–Crippen LogP) is 0.596. The van der Waals surface area contributed by atoms with Crippen molar-refractivity contribution in [1.82, 2.24) is 14.8 Å². The molecule has 0 bridgehead atoms. The van der Waals surface area contributed by atoms with Crippen LogP contribution in [0.4, 0.5) is 0 Å². The van der Waals surface area contributed by atoms with E-state index in [9.17, 15) is 9.59 Å². The second-order valence-corrected chi connectivity index (χ2v) is 5.20. The van der Waals surface area contributed by atoms with E-state index in [-0.39, 0.29) is 18.4 Å². The topological polar surface area (TPSA) is 62.7 Å². The molecule has 2 amide bonds. The van der Waals surface area contributed by atoms with E-state index in [2.05, 4.69) is 4.98 Å². The lowest BCUT2D eigenvalue weighted by molar-refractivity contribution is -0.156. The van der Waals surface area contributed by atoms with E-state index in [0.717, 1.165) is 11.3 Å². The van der Waals surface area contributed by atoms with Gasteiger partial charge in [0.25, 0.3) is 0 Å². The lowest BCUT2D eigenvalue weighted by atomic mass is 10.1. The summed E-state index contributed by atoms with van der Waals surface area (Å²) in [5.74, 6) is -0.0744. The molecule has 21 heavy (non-hydrogen) atoms. The molecule has 1 saturated heterocycles. The normalized spacial score (nSPS) is 19.3. The van der Waals surface area contributed by atoms with Gasteiger partial charge in [-0.3, -0.25) is 14.6 Å². The molecule has 6 heteroatoms. The van der Waals surface area contributed by atoms with E-state index in [4.69, 9.17) is 4.74 Å². The first-order valence-corrected chi connectivity index (χ1v) is 7.02. The molecule has 1 aromatic heterocycles. The number of hydrogen-bond acceptors (Lipinski definition) is 4. The van der Waals surface area contributed by atoms with E-state index in [1.807, 2.05) is 19.1 Å². The molecule has 0 saturated carbocycles. The minimum absolute atomic E-state index is 0.0341. The summed E-state index contributed by atoms with van der Waals surface area (Å²) in [6, 6.07) is 3.32. The molecule has 1 aliphatic heterocycles. The Morgan fingerprint density at radius 2 is 2.19 bits per heavy atom.